The Bertz CT molecular complexity index is 308. The number of ketones is 1. The average Bonchev–Trinajstić information content (AvgIpc) is 2.14. The van der Waals surface area contributed by atoms with Gasteiger partial charge in [-0.05, 0) is 40.5 Å². The predicted octanol–water partition coefficient (Wildman–Crippen LogP) is 1.34. The van der Waals surface area contributed by atoms with Crippen LogP contribution in [0.2, 0.25) is 0 Å². The molecule has 0 bridgehead atoms. The summed E-state index contributed by atoms with van der Waals surface area (Å²) in [7, 11) is 0. The van der Waals surface area contributed by atoms with Crippen LogP contribution in [0.25, 0.3) is 0 Å². The van der Waals surface area contributed by atoms with Crippen LogP contribution < -0.4 is 0 Å². The molecule has 5 nitrogen and oxygen atoms in total. The number of rotatable bonds is 1. The lowest BCUT2D eigenvalue weighted by Gasteiger charge is -2.37. The van der Waals surface area contributed by atoms with Gasteiger partial charge in [0, 0.05) is 0 Å². The Kier molecular flexibility index (Phi) is 4.14. The van der Waals surface area contributed by atoms with Crippen LogP contribution in [-0.4, -0.2) is 46.2 Å². The van der Waals surface area contributed by atoms with Gasteiger partial charge >= 0.3 is 6.09 Å². The number of β-amino-alcohol motifs (C(OH)–C–C–N with tert-alkyl or cyclic N) is 1. The Balaban J connectivity index is 2.75. The van der Waals surface area contributed by atoms with Gasteiger partial charge in [0.05, 0.1) is 18.7 Å². The first-order chi connectivity index (χ1) is 7.70. The number of ether oxygens (including phenoxy) is 1. The van der Waals surface area contributed by atoms with E-state index in [9.17, 15) is 14.7 Å². The molecular formula is C12H21NO4. The zero-order valence-electron chi connectivity index (χ0n) is 10.9. The first-order valence-corrected chi connectivity index (χ1v) is 5.89. The zero-order valence-corrected chi connectivity index (χ0v) is 10.9. The highest BCUT2D eigenvalue weighted by Crippen LogP contribution is 2.21. The van der Waals surface area contributed by atoms with Crippen LogP contribution in [0.1, 0.15) is 40.5 Å². The molecule has 1 saturated heterocycles. The van der Waals surface area contributed by atoms with Crippen molar-refractivity contribution in [1.82, 2.24) is 4.90 Å². The van der Waals surface area contributed by atoms with Gasteiger partial charge in [-0.2, -0.15) is 0 Å². The van der Waals surface area contributed by atoms with Crippen LogP contribution in [0.3, 0.4) is 0 Å². The summed E-state index contributed by atoms with van der Waals surface area (Å²) in [6.07, 6.45) is -0.0613. The predicted molar refractivity (Wildman–Crippen MR) is 62.6 cm³/mol. The average molecular weight is 243 g/mol. The first kappa shape index (κ1) is 14.0. The number of amides is 1. The van der Waals surface area contributed by atoms with Gasteiger partial charge in [0.25, 0.3) is 0 Å². The van der Waals surface area contributed by atoms with Crippen molar-refractivity contribution in [1.29, 1.82) is 0 Å². The molecule has 2 atom stereocenters. The second-order valence-corrected chi connectivity index (χ2v) is 5.49. The van der Waals surface area contributed by atoms with E-state index in [-0.39, 0.29) is 12.3 Å². The minimum atomic E-state index is -0.596. The highest BCUT2D eigenvalue weighted by atomic mass is 16.6. The van der Waals surface area contributed by atoms with Crippen molar-refractivity contribution in [2.45, 2.75) is 58.3 Å². The second kappa shape index (κ2) is 5.04. The topological polar surface area (TPSA) is 66.8 Å². The van der Waals surface area contributed by atoms with Gasteiger partial charge in [-0.15, -0.1) is 0 Å². The normalized spacial score (nSPS) is 25.6. The third kappa shape index (κ3) is 4.00. The molecule has 0 saturated carbocycles. The number of hydrogen-bond acceptors (Lipinski definition) is 4. The molecule has 1 amide bonds. The van der Waals surface area contributed by atoms with E-state index in [0.29, 0.717) is 12.8 Å². The van der Waals surface area contributed by atoms with E-state index >= 15 is 0 Å². The third-order valence-electron chi connectivity index (χ3n) is 2.65. The Morgan fingerprint density at radius 2 is 1.88 bits per heavy atom. The van der Waals surface area contributed by atoms with E-state index in [0.717, 1.165) is 0 Å². The number of carbonyl (C=O) groups excluding carboxylic acids is 2. The van der Waals surface area contributed by atoms with Crippen molar-refractivity contribution >= 4 is 11.9 Å². The Morgan fingerprint density at radius 3 is 2.35 bits per heavy atom. The maximum Gasteiger partial charge on any atom is 0.410 e. The van der Waals surface area contributed by atoms with Crippen LogP contribution >= 0.6 is 0 Å². The number of likely N-dealkylation sites (tertiary alicyclic amines) is 1. The summed E-state index contributed by atoms with van der Waals surface area (Å²) in [5.41, 5.74) is -0.596. The number of hydrogen-bond donors (Lipinski definition) is 1. The monoisotopic (exact) mass is 243 g/mol. The number of aliphatic hydroxyl groups is 1. The molecule has 0 radical (unpaired) electrons. The molecule has 5 heteroatoms. The van der Waals surface area contributed by atoms with Crippen molar-refractivity contribution in [2.24, 2.45) is 0 Å². The summed E-state index contributed by atoms with van der Waals surface area (Å²) >= 11 is 0. The molecule has 1 N–H and O–H groups in total. The largest absolute Gasteiger partial charge is 0.444 e. The Hall–Kier alpha value is -1.10. The fourth-order valence-corrected chi connectivity index (χ4v) is 1.90. The molecular weight excluding hydrogens is 222 g/mol. The Labute approximate surface area is 102 Å². The van der Waals surface area contributed by atoms with Crippen molar-refractivity contribution < 1.29 is 19.4 Å². The molecule has 1 fully saturated rings. The van der Waals surface area contributed by atoms with E-state index < -0.39 is 23.8 Å². The van der Waals surface area contributed by atoms with Crippen molar-refractivity contribution in [3.8, 4) is 0 Å². The Morgan fingerprint density at radius 1 is 1.29 bits per heavy atom. The molecule has 0 aromatic carbocycles. The van der Waals surface area contributed by atoms with E-state index in [1.165, 1.54) is 11.8 Å². The zero-order chi connectivity index (χ0) is 13.2. The van der Waals surface area contributed by atoms with E-state index in [1.807, 2.05) is 0 Å². The van der Waals surface area contributed by atoms with Gasteiger partial charge in [-0.1, -0.05) is 0 Å². The van der Waals surface area contributed by atoms with Crippen LogP contribution in [0.5, 0.6) is 0 Å². The minimum absolute atomic E-state index is 0.0669. The molecule has 0 aromatic rings. The fourth-order valence-electron chi connectivity index (χ4n) is 1.90. The summed E-state index contributed by atoms with van der Waals surface area (Å²) in [5.74, 6) is -0.0669. The summed E-state index contributed by atoms with van der Waals surface area (Å²) < 4.78 is 5.23. The second-order valence-electron chi connectivity index (χ2n) is 5.49. The van der Waals surface area contributed by atoms with Crippen LogP contribution in [0, 0.1) is 0 Å². The first-order valence-electron chi connectivity index (χ1n) is 5.89. The molecule has 0 aliphatic carbocycles. The lowest BCUT2D eigenvalue weighted by Crippen LogP contribution is -2.52. The van der Waals surface area contributed by atoms with Gasteiger partial charge in [0.1, 0.15) is 5.60 Å². The van der Waals surface area contributed by atoms with Crippen LogP contribution in [-0.2, 0) is 9.53 Å². The smallest absolute Gasteiger partial charge is 0.410 e. The number of piperidine rings is 1. The van der Waals surface area contributed by atoms with Gasteiger partial charge in [-0.3, -0.25) is 9.69 Å². The molecule has 0 spiro atoms. The SMILES string of the molecule is CC(=O)[C@@H]1CC[C@H](O)CN1C(=O)OC(C)(C)C. The highest BCUT2D eigenvalue weighted by Gasteiger charge is 2.35. The number of Topliss-reactive ketones (excluding diaryl/α,β-unsaturated/α-hetero) is 1. The summed E-state index contributed by atoms with van der Waals surface area (Å²) in [6.45, 7) is 6.94. The van der Waals surface area contributed by atoms with Gasteiger partial charge in [0.15, 0.2) is 5.78 Å². The molecule has 98 valence electrons. The van der Waals surface area contributed by atoms with Gasteiger partial charge < -0.3 is 9.84 Å². The van der Waals surface area contributed by atoms with Crippen LogP contribution in [0.4, 0.5) is 4.79 Å². The number of aliphatic hydroxyl groups excluding tert-OH is 1. The summed E-state index contributed by atoms with van der Waals surface area (Å²) in [6, 6.07) is -0.465. The molecule has 0 unspecified atom stereocenters. The molecule has 0 aromatic heterocycles. The summed E-state index contributed by atoms with van der Waals surface area (Å²) in [4.78, 5) is 24.7. The van der Waals surface area contributed by atoms with Crippen molar-refractivity contribution in [3.05, 3.63) is 0 Å². The van der Waals surface area contributed by atoms with Crippen molar-refractivity contribution in [3.63, 3.8) is 0 Å². The standard InChI is InChI=1S/C12H21NO4/c1-8(14)10-6-5-9(15)7-13(10)11(16)17-12(2,3)4/h9-10,15H,5-7H2,1-4H3/t9-,10-/m0/s1. The number of carbonyl (C=O) groups is 2. The minimum Gasteiger partial charge on any atom is -0.444 e. The molecule has 1 rings (SSSR count). The van der Waals surface area contributed by atoms with Crippen molar-refractivity contribution in [2.75, 3.05) is 6.54 Å². The summed E-state index contributed by atoms with van der Waals surface area (Å²) in [5, 5.41) is 9.57. The van der Waals surface area contributed by atoms with E-state index in [4.69, 9.17) is 4.74 Å². The van der Waals surface area contributed by atoms with Gasteiger partial charge in [-0.25, -0.2) is 4.79 Å². The highest BCUT2D eigenvalue weighted by molar-refractivity contribution is 5.85. The molecule has 1 heterocycles. The quantitative estimate of drug-likeness (QED) is 0.754. The van der Waals surface area contributed by atoms with Crippen LogP contribution in [0.15, 0.2) is 0 Å². The van der Waals surface area contributed by atoms with Gasteiger partial charge in [0.2, 0.25) is 0 Å². The molecule has 17 heavy (non-hydrogen) atoms. The maximum atomic E-state index is 11.9. The number of nitrogens with zero attached hydrogens (tertiary/aromatic N) is 1. The fraction of sp³-hybridized carbons (Fsp3) is 0.833. The molecule has 1 aliphatic heterocycles. The molecule has 1 aliphatic rings. The third-order valence-corrected chi connectivity index (χ3v) is 2.65. The van der Waals surface area contributed by atoms with E-state index in [2.05, 4.69) is 0 Å². The van der Waals surface area contributed by atoms with E-state index in [1.54, 1.807) is 20.8 Å². The lowest BCUT2D eigenvalue weighted by atomic mass is 9.98. The lowest BCUT2D eigenvalue weighted by molar-refractivity contribution is -0.124. The maximum absolute atomic E-state index is 11.9.